The third-order valence-corrected chi connectivity index (χ3v) is 4.82. The minimum atomic E-state index is 1.38. The summed E-state index contributed by atoms with van der Waals surface area (Å²) in [4.78, 5) is 0. The molecule has 0 bridgehead atoms. The standard InChI is InChI=1S/C20H39/c1-2-4-6-8-10-12-14-16-18-20-19-17-15-13-11-9-7-5-3-1/h1H,2-20H2. The third kappa shape index (κ3) is 13.0. The number of rotatable bonds is 0. The highest BCUT2D eigenvalue weighted by Crippen LogP contribution is 2.16. The maximum atomic E-state index is 2.55. The quantitative estimate of drug-likeness (QED) is 0.428. The minimum Gasteiger partial charge on any atom is -0.0533 e. The minimum absolute atomic E-state index is 1.38. The van der Waals surface area contributed by atoms with Gasteiger partial charge in [-0.25, -0.2) is 0 Å². The van der Waals surface area contributed by atoms with Crippen molar-refractivity contribution in [1.82, 2.24) is 0 Å². The van der Waals surface area contributed by atoms with Crippen LogP contribution in [0.4, 0.5) is 0 Å². The van der Waals surface area contributed by atoms with E-state index in [1.165, 1.54) is 122 Å². The number of hydrogen-bond donors (Lipinski definition) is 0. The summed E-state index contributed by atoms with van der Waals surface area (Å²) in [5.41, 5.74) is 0. The molecule has 0 heterocycles. The van der Waals surface area contributed by atoms with E-state index in [9.17, 15) is 0 Å². The SMILES string of the molecule is [CH]1CCCCCCCCCCCCCCCCCCC1. The van der Waals surface area contributed by atoms with Gasteiger partial charge in [-0.05, 0) is 6.42 Å². The zero-order valence-corrected chi connectivity index (χ0v) is 14.0. The molecule has 1 aliphatic carbocycles. The Labute approximate surface area is 129 Å². The monoisotopic (exact) mass is 279 g/mol. The smallest absolute Gasteiger partial charge is 0.0386 e. The lowest BCUT2D eigenvalue weighted by molar-refractivity contribution is 0.520. The normalized spacial score (nSPS) is 24.0. The summed E-state index contributed by atoms with van der Waals surface area (Å²) in [6, 6.07) is 0. The van der Waals surface area contributed by atoms with Crippen LogP contribution in [0.25, 0.3) is 0 Å². The summed E-state index contributed by atoms with van der Waals surface area (Å²) in [5.74, 6) is 0. The Morgan fingerprint density at radius 2 is 0.450 bits per heavy atom. The highest BCUT2D eigenvalue weighted by molar-refractivity contribution is 4.64. The van der Waals surface area contributed by atoms with Gasteiger partial charge in [-0.2, -0.15) is 0 Å². The Kier molecular flexibility index (Phi) is 13.9. The van der Waals surface area contributed by atoms with Gasteiger partial charge in [0.1, 0.15) is 0 Å². The molecule has 0 saturated heterocycles. The van der Waals surface area contributed by atoms with Gasteiger partial charge in [0.05, 0.1) is 0 Å². The van der Waals surface area contributed by atoms with E-state index in [1.807, 2.05) is 0 Å². The second-order valence-electron chi connectivity index (χ2n) is 6.88. The first kappa shape index (κ1) is 18.1. The van der Waals surface area contributed by atoms with E-state index in [1.54, 1.807) is 0 Å². The van der Waals surface area contributed by atoms with Crippen molar-refractivity contribution >= 4 is 0 Å². The average molecular weight is 280 g/mol. The fraction of sp³-hybridized carbons (Fsp3) is 0.950. The van der Waals surface area contributed by atoms with Gasteiger partial charge in [0.15, 0.2) is 0 Å². The van der Waals surface area contributed by atoms with Crippen molar-refractivity contribution in [1.29, 1.82) is 0 Å². The average Bonchev–Trinajstić information content (AvgIpc) is 2.46. The fourth-order valence-electron chi connectivity index (χ4n) is 3.37. The van der Waals surface area contributed by atoms with Gasteiger partial charge in [-0.1, -0.05) is 122 Å². The summed E-state index contributed by atoms with van der Waals surface area (Å²) < 4.78 is 0. The Morgan fingerprint density at radius 1 is 0.250 bits per heavy atom. The molecule has 1 saturated carbocycles. The summed E-state index contributed by atoms with van der Waals surface area (Å²) in [6.45, 7) is 0. The Bertz CT molecular complexity index is 86.4. The maximum absolute atomic E-state index is 2.55. The molecule has 1 rings (SSSR count). The van der Waals surface area contributed by atoms with Gasteiger partial charge < -0.3 is 0 Å². The van der Waals surface area contributed by atoms with Gasteiger partial charge in [0.25, 0.3) is 0 Å². The zero-order chi connectivity index (χ0) is 14.1. The largest absolute Gasteiger partial charge is 0.0533 e. The van der Waals surface area contributed by atoms with Crippen LogP contribution in [0, 0.1) is 6.42 Å². The highest BCUT2D eigenvalue weighted by atomic mass is 14.0. The zero-order valence-electron chi connectivity index (χ0n) is 14.0. The van der Waals surface area contributed by atoms with Crippen molar-refractivity contribution in [3.8, 4) is 0 Å². The number of hydrogen-bond acceptors (Lipinski definition) is 0. The predicted molar refractivity (Wildman–Crippen MR) is 92.0 cm³/mol. The molecule has 1 aliphatic rings. The summed E-state index contributed by atoms with van der Waals surface area (Å²) in [7, 11) is 0. The Hall–Kier alpha value is 0. The van der Waals surface area contributed by atoms with Crippen molar-refractivity contribution < 1.29 is 0 Å². The molecule has 0 atom stereocenters. The topological polar surface area (TPSA) is 0 Å². The van der Waals surface area contributed by atoms with Crippen LogP contribution in [0.5, 0.6) is 0 Å². The summed E-state index contributed by atoms with van der Waals surface area (Å²) in [6.07, 6.45) is 30.5. The van der Waals surface area contributed by atoms with Crippen LogP contribution < -0.4 is 0 Å². The van der Waals surface area contributed by atoms with E-state index in [0.29, 0.717) is 0 Å². The van der Waals surface area contributed by atoms with Crippen LogP contribution in [0.1, 0.15) is 122 Å². The molecule has 0 N–H and O–H groups in total. The molecule has 1 radical (unpaired) electrons. The molecule has 1 fully saturated rings. The highest BCUT2D eigenvalue weighted by Gasteiger charge is 1.96. The van der Waals surface area contributed by atoms with Crippen molar-refractivity contribution in [2.45, 2.75) is 122 Å². The van der Waals surface area contributed by atoms with Gasteiger partial charge in [0.2, 0.25) is 0 Å². The van der Waals surface area contributed by atoms with E-state index < -0.39 is 0 Å². The molecule has 0 amide bonds. The molecule has 0 aliphatic heterocycles. The summed E-state index contributed by atoms with van der Waals surface area (Å²) >= 11 is 0. The lowest BCUT2D eigenvalue weighted by Gasteiger charge is -2.05. The first-order chi connectivity index (χ1) is 10.0. The van der Waals surface area contributed by atoms with Crippen LogP contribution in [0.2, 0.25) is 0 Å². The van der Waals surface area contributed by atoms with Crippen molar-refractivity contribution in [2.75, 3.05) is 0 Å². The predicted octanol–water partition coefficient (Wildman–Crippen LogP) is 7.62. The first-order valence-corrected chi connectivity index (χ1v) is 9.82. The van der Waals surface area contributed by atoms with Gasteiger partial charge >= 0.3 is 0 Å². The van der Waals surface area contributed by atoms with E-state index in [2.05, 4.69) is 6.42 Å². The van der Waals surface area contributed by atoms with Crippen molar-refractivity contribution in [3.63, 3.8) is 0 Å². The molecule has 0 aromatic rings. The van der Waals surface area contributed by atoms with Crippen LogP contribution in [-0.2, 0) is 0 Å². The van der Waals surface area contributed by atoms with Crippen LogP contribution in [0.3, 0.4) is 0 Å². The molecular weight excluding hydrogens is 240 g/mol. The molecule has 0 spiro atoms. The second kappa shape index (κ2) is 15.4. The molecule has 0 aromatic heterocycles. The fourth-order valence-corrected chi connectivity index (χ4v) is 3.37. The van der Waals surface area contributed by atoms with Crippen molar-refractivity contribution in [3.05, 3.63) is 6.42 Å². The van der Waals surface area contributed by atoms with Crippen molar-refractivity contribution in [2.24, 2.45) is 0 Å². The lowest BCUT2D eigenvalue weighted by Crippen LogP contribution is -1.86. The molecule has 119 valence electrons. The van der Waals surface area contributed by atoms with Gasteiger partial charge in [-0.3, -0.25) is 0 Å². The Morgan fingerprint density at radius 3 is 0.700 bits per heavy atom. The Balaban J connectivity index is 2.00. The second-order valence-corrected chi connectivity index (χ2v) is 6.88. The van der Waals surface area contributed by atoms with Gasteiger partial charge in [0, 0.05) is 0 Å². The molecule has 0 nitrogen and oxygen atoms in total. The molecule has 0 aromatic carbocycles. The van der Waals surface area contributed by atoms with Gasteiger partial charge in [-0.15, -0.1) is 0 Å². The molecule has 0 unspecified atom stereocenters. The van der Waals surface area contributed by atoms with E-state index in [-0.39, 0.29) is 0 Å². The molecule has 0 heteroatoms. The molecular formula is C20H39. The van der Waals surface area contributed by atoms with Crippen LogP contribution >= 0.6 is 0 Å². The third-order valence-electron chi connectivity index (χ3n) is 4.82. The van der Waals surface area contributed by atoms with E-state index in [0.717, 1.165) is 0 Å². The van der Waals surface area contributed by atoms with E-state index >= 15 is 0 Å². The first-order valence-electron chi connectivity index (χ1n) is 9.82. The lowest BCUT2D eigenvalue weighted by atomic mass is 10.0. The summed E-state index contributed by atoms with van der Waals surface area (Å²) in [5, 5.41) is 0. The van der Waals surface area contributed by atoms with Crippen LogP contribution in [-0.4, -0.2) is 0 Å². The van der Waals surface area contributed by atoms with Crippen LogP contribution in [0.15, 0.2) is 0 Å². The molecule has 20 heavy (non-hydrogen) atoms. The maximum Gasteiger partial charge on any atom is -0.0386 e. The van der Waals surface area contributed by atoms with E-state index in [4.69, 9.17) is 0 Å².